The number of hydrogen-bond donors (Lipinski definition) is 1. The molecule has 0 unspecified atom stereocenters. The minimum absolute atomic E-state index is 0.245. The third-order valence-corrected chi connectivity index (χ3v) is 3.26. The van der Waals surface area contributed by atoms with E-state index in [0.717, 1.165) is 4.47 Å². The Morgan fingerprint density at radius 3 is 2.47 bits per heavy atom. The first-order valence-electron chi connectivity index (χ1n) is 5.57. The van der Waals surface area contributed by atoms with Crippen LogP contribution in [0.4, 0.5) is 15.8 Å². The van der Waals surface area contributed by atoms with Crippen molar-refractivity contribution in [2.75, 3.05) is 17.7 Å². The molecule has 1 amide bonds. The lowest BCUT2D eigenvalue weighted by atomic mass is 10.1. The maximum absolute atomic E-state index is 12.9. The van der Waals surface area contributed by atoms with Crippen molar-refractivity contribution in [1.29, 1.82) is 0 Å². The molecular weight excluding hydrogens is 311 g/mol. The molecule has 19 heavy (non-hydrogen) atoms. The normalized spacial score (nSPS) is 10.3. The van der Waals surface area contributed by atoms with E-state index in [-0.39, 0.29) is 11.7 Å². The Hall–Kier alpha value is -1.88. The quantitative estimate of drug-likeness (QED) is 0.861. The van der Waals surface area contributed by atoms with Crippen LogP contribution in [0.3, 0.4) is 0 Å². The van der Waals surface area contributed by atoms with Crippen molar-refractivity contribution in [2.24, 2.45) is 0 Å². The number of carbonyl (C=O) groups excluding carboxylic acids is 1. The topological polar surface area (TPSA) is 46.3 Å². The molecule has 0 aliphatic carbocycles. The van der Waals surface area contributed by atoms with Gasteiger partial charge in [0.15, 0.2) is 0 Å². The van der Waals surface area contributed by atoms with E-state index in [0.29, 0.717) is 16.9 Å². The highest BCUT2D eigenvalue weighted by Crippen LogP contribution is 2.22. The van der Waals surface area contributed by atoms with Crippen LogP contribution in [0.5, 0.6) is 0 Å². The molecule has 0 atom stereocenters. The molecule has 3 nitrogen and oxygen atoms in total. The number of nitrogen functional groups attached to an aromatic ring is 1. The molecule has 5 heteroatoms. The van der Waals surface area contributed by atoms with Gasteiger partial charge in [-0.1, -0.05) is 15.9 Å². The summed E-state index contributed by atoms with van der Waals surface area (Å²) in [7, 11) is 1.62. The number of nitrogens with zero attached hydrogens (tertiary/aromatic N) is 1. The van der Waals surface area contributed by atoms with E-state index in [1.54, 1.807) is 37.4 Å². The predicted molar refractivity (Wildman–Crippen MR) is 77.7 cm³/mol. The fourth-order valence-electron chi connectivity index (χ4n) is 1.68. The summed E-state index contributed by atoms with van der Waals surface area (Å²) in [5.41, 5.74) is 7.21. The highest BCUT2D eigenvalue weighted by atomic mass is 79.9. The smallest absolute Gasteiger partial charge is 0.260 e. The van der Waals surface area contributed by atoms with E-state index < -0.39 is 0 Å². The largest absolute Gasteiger partial charge is 0.398 e. The van der Waals surface area contributed by atoms with Crippen molar-refractivity contribution in [2.45, 2.75) is 0 Å². The number of benzene rings is 2. The van der Waals surface area contributed by atoms with Crippen LogP contribution < -0.4 is 10.6 Å². The number of nitrogens with two attached hydrogens (primary N) is 1. The van der Waals surface area contributed by atoms with Gasteiger partial charge in [-0.15, -0.1) is 0 Å². The molecule has 0 aliphatic rings. The van der Waals surface area contributed by atoms with E-state index in [9.17, 15) is 9.18 Å². The summed E-state index contributed by atoms with van der Waals surface area (Å²) in [6, 6.07) is 10.8. The number of carbonyl (C=O) groups is 1. The summed E-state index contributed by atoms with van der Waals surface area (Å²) in [6.07, 6.45) is 0. The SMILES string of the molecule is CN(C(=O)c1cc(Br)ccc1N)c1ccc(F)cc1. The van der Waals surface area contributed by atoms with Gasteiger partial charge in [0.2, 0.25) is 0 Å². The Kier molecular flexibility index (Phi) is 3.85. The summed E-state index contributed by atoms with van der Waals surface area (Å²) < 4.78 is 13.6. The van der Waals surface area contributed by atoms with Crippen LogP contribution in [0.25, 0.3) is 0 Å². The molecule has 0 saturated heterocycles. The Morgan fingerprint density at radius 2 is 1.84 bits per heavy atom. The van der Waals surface area contributed by atoms with Crippen molar-refractivity contribution >= 4 is 33.2 Å². The molecule has 2 rings (SSSR count). The number of rotatable bonds is 2. The Balaban J connectivity index is 2.33. The van der Waals surface area contributed by atoms with Crippen LogP contribution in [-0.2, 0) is 0 Å². The second-order valence-corrected chi connectivity index (χ2v) is 4.99. The Bertz CT molecular complexity index is 613. The van der Waals surface area contributed by atoms with Crippen LogP contribution in [-0.4, -0.2) is 13.0 Å². The number of anilines is 2. The maximum atomic E-state index is 12.9. The lowest BCUT2D eigenvalue weighted by Gasteiger charge is -2.18. The molecule has 0 aliphatic heterocycles. The molecule has 0 saturated carbocycles. The summed E-state index contributed by atoms with van der Waals surface area (Å²) in [5, 5.41) is 0. The van der Waals surface area contributed by atoms with Gasteiger partial charge in [0, 0.05) is 22.9 Å². The third kappa shape index (κ3) is 2.93. The molecule has 0 bridgehead atoms. The summed E-state index contributed by atoms with van der Waals surface area (Å²) in [4.78, 5) is 13.8. The van der Waals surface area contributed by atoms with Crippen molar-refractivity contribution in [3.05, 3.63) is 58.3 Å². The van der Waals surface area contributed by atoms with E-state index in [2.05, 4.69) is 15.9 Å². The predicted octanol–water partition coefficient (Wildman–Crippen LogP) is 3.45. The second kappa shape index (κ2) is 5.40. The first-order valence-corrected chi connectivity index (χ1v) is 6.37. The Morgan fingerprint density at radius 1 is 1.21 bits per heavy atom. The third-order valence-electron chi connectivity index (χ3n) is 2.76. The number of amides is 1. The van der Waals surface area contributed by atoms with E-state index in [4.69, 9.17) is 5.73 Å². The van der Waals surface area contributed by atoms with Gasteiger partial charge < -0.3 is 10.6 Å². The lowest BCUT2D eigenvalue weighted by molar-refractivity contribution is 0.0994. The van der Waals surface area contributed by atoms with Gasteiger partial charge >= 0.3 is 0 Å². The van der Waals surface area contributed by atoms with Gasteiger partial charge in [0.05, 0.1) is 5.56 Å². The monoisotopic (exact) mass is 322 g/mol. The van der Waals surface area contributed by atoms with Crippen molar-refractivity contribution in [3.63, 3.8) is 0 Å². The summed E-state index contributed by atoms with van der Waals surface area (Å²) >= 11 is 3.30. The van der Waals surface area contributed by atoms with Crippen LogP contribution in [0.2, 0.25) is 0 Å². The molecule has 98 valence electrons. The molecule has 0 fully saturated rings. The van der Waals surface area contributed by atoms with Crippen LogP contribution in [0.15, 0.2) is 46.9 Å². The molecule has 0 aromatic heterocycles. The Labute approximate surface area is 119 Å². The summed E-state index contributed by atoms with van der Waals surface area (Å²) in [5.74, 6) is -0.586. The lowest BCUT2D eigenvalue weighted by Crippen LogP contribution is -2.27. The van der Waals surface area contributed by atoms with Gasteiger partial charge in [0.25, 0.3) is 5.91 Å². The molecule has 2 aromatic carbocycles. The van der Waals surface area contributed by atoms with Gasteiger partial charge in [-0.05, 0) is 42.5 Å². The average molecular weight is 323 g/mol. The van der Waals surface area contributed by atoms with Crippen LogP contribution >= 0.6 is 15.9 Å². The number of hydrogen-bond acceptors (Lipinski definition) is 2. The highest BCUT2D eigenvalue weighted by Gasteiger charge is 2.16. The fourth-order valence-corrected chi connectivity index (χ4v) is 2.04. The fraction of sp³-hybridized carbons (Fsp3) is 0.0714. The van der Waals surface area contributed by atoms with Gasteiger partial charge in [0.1, 0.15) is 5.82 Å². The molecule has 0 radical (unpaired) electrons. The summed E-state index contributed by atoms with van der Waals surface area (Å²) in [6.45, 7) is 0. The molecule has 0 spiro atoms. The molecular formula is C14H12BrFN2O. The van der Waals surface area contributed by atoms with Gasteiger partial charge in [-0.2, -0.15) is 0 Å². The standard InChI is InChI=1S/C14H12BrFN2O/c1-18(11-5-3-10(16)4-6-11)14(19)12-8-9(15)2-7-13(12)17/h2-8H,17H2,1H3. The zero-order chi connectivity index (χ0) is 14.0. The molecule has 2 aromatic rings. The maximum Gasteiger partial charge on any atom is 0.260 e. The van der Waals surface area contributed by atoms with Crippen molar-refractivity contribution in [3.8, 4) is 0 Å². The second-order valence-electron chi connectivity index (χ2n) is 4.07. The minimum atomic E-state index is -0.341. The van der Waals surface area contributed by atoms with Crippen LogP contribution in [0.1, 0.15) is 10.4 Å². The van der Waals surface area contributed by atoms with Crippen molar-refractivity contribution in [1.82, 2.24) is 0 Å². The van der Waals surface area contributed by atoms with Crippen LogP contribution in [0, 0.1) is 5.82 Å². The van der Waals surface area contributed by atoms with E-state index in [1.807, 2.05) is 0 Å². The van der Waals surface area contributed by atoms with Gasteiger partial charge in [-0.3, -0.25) is 4.79 Å². The zero-order valence-electron chi connectivity index (χ0n) is 10.2. The van der Waals surface area contributed by atoms with E-state index in [1.165, 1.54) is 17.0 Å². The first-order chi connectivity index (χ1) is 8.99. The molecule has 0 heterocycles. The van der Waals surface area contributed by atoms with Crippen molar-refractivity contribution < 1.29 is 9.18 Å². The first kappa shape index (κ1) is 13.5. The molecule has 2 N–H and O–H groups in total. The van der Waals surface area contributed by atoms with E-state index >= 15 is 0 Å². The highest BCUT2D eigenvalue weighted by molar-refractivity contribution is 9.10. The van der Waals surface area contributed by atoms with Gasteiger partial charge in [-0.25, -0.2) is 4.39 Å². The number of halogens is 2. The zero-order valence-corrected chi connectivity index (χ0v) is 11.8. The minimum Gasteiger partial charge on any atom is -0.398 e. The average Bonchev–Trinajstić information content (AvgIpc) is 2.41.